The maximum Gasteiger partial charge on any atom is 0.125 e. The van der Waals surface area contributed by atoms with Crippen LogP contribution < -0.4 is 10.6 Å². The summed E-state index contributed by atoms with van der Waals surface area (Å²) in [5.74, 6) is 0.886. The van der Waals surface area contributed by atoms with Gasteiger partial charge in [0, 0.05) is 24.8 Å². The normalized spacial score (nSPS) is 20.1. The second-order valence-corrected chi connectivity index (χ2v) is 4.32. The standard InChI is InChI=1S/C12H18N4/c1-2-9-4-6-16(8-9)11-7-15-5-3-10(11)12(13)14/h3,5,7,9H,2,4,6,8H2,1H3,(H3,13,14). The van der Waals surface area contributed by atoms with Crippen molar-refractivity contribution >= 4 is 11.5 Å². The van der Waals surface area contributed by atoms with Crippen molar-refractivity contribution in [2.24, 2.45) is 11.7 Å². The first-order chi connectivity index (χ1) is 7.72. The monoisotopic (exact) mass is 218 g/mol. The van der Waals surface area contributed by atoms with Crippen LogP contribution in [0.2, 0.25) is 0 Å². The number of hydrogen-bond acceptors (Lipinski definition) is 3. The Morgan fingerprint density at radius 2 is 2.50 bits per heavy atom. The minimum atomic E-state index is 0.123. The summed E-state index contributed by atoms with van der Waals surface area (Å²) < 4.78 is 0. The van der Waals surface area contributed by atoms with Gasteiger partial charge in [-0.15, -0.1) is 0 Å². The van der Waals surface area contributed by atoms with Gasteiger partial charge in [0.25, 0.3) is 0 Å². The number of nitrogens with one attached hydrogen (secondary N) is 1. The van der Waals surface area contributed by atoms with E-state index in [9.17, 15) is 0 Å². The number of pyridine rings is 1. The predicted octanol–water partition coefficient (Wildman–Crippen LogP) is 1.60. The molecule has 4 heteroatoms. The third kappa shape index (κ3) is 2.01. The van der Waals surface area contributed by atoms with Crippen LogP contribution in [-0.2, 0) is 0 Å². The third-order valence-corrected chi connectivity index (χ3v) is 3.29. The summed E-state index contributed by atoms with van der Waals surface area (Å²) in [7, 11) is 0. The largest absolute Gasteiger partial charge is 0.384 e. The Bertz CT molecular complexity index is 388. The fourth-order valence-corrected chi connectivity index (χ4v) is 2.25. The fourth-order valence-electron chi connectivity index (χ4n) is 2.25. The lowest BCUT2D eigenvalue weighted by Gasteiger charge is -2.20. The van der Waals surface area contributed by atoms with E-state index in [0.29, 0.717) is 0 Å². The van der Waals surface area contributed by atoms with Crippen LogP contribution in [0.15, 0.2) is 18.5 Å². The molecule has 1 unspecified atom stereocenters. The zero-order valence-corrected chi connectivity index (χ0v) is 9.61. The van der Waals surface area contributed by atoms with E-state index >= 15 is 0 Å². The van der Waals surface area contributed by atoms with Crippen molar-refractivity contribution in [3.63, 3.8) is 0 Å². The Hall–Kier alpha value is -1.58. The maximum atomic E-state index is 7.56. The number of hydrogen-bond donors (Lipinski definition) is 2. The molecule has 86 valence electrons. The Kier molecular flexibility index (Phi) is 3.08. The van der Waals surface area contributed by atoms with Crippen molar-refractivity contribution in [2.75, 3.05) is 18.0 Å². The van der Waals surface area contributed by atoms with E-state index in [1.165, 1.54) is 12.8 Å². The van der Waals surface area contributed by atoms with Crippen LogP contribution in [0, 0.1) is 11.3 Å². The predicted molar refractivity (Wildman–Crippen MR) is 65.9 cm³/mol. The van der Waals surface area contributed by atoms with Crippen LogP contribution in [0.25, 0.3) is 0 Å². The van der Waals surface area contributed by atoms with Crippen molar-refractivity contribution in [3.8, 4) is 0 Å². The van der Waals surface area contributed by atoms with E-state index in [1.807, 2.05) is 12.3 Å². The van der Waals surface area contributed by atoms with Gasteiger partial charge in [0.2, 0.25) is 0 Å². The molecule has 0 bridgehead atoms. The van der Waals surface area contributed by atoms with E-state index in [1.54, 1.807) is 6.20 Å². The molecular weight excluding hydrogens is 200 g/mol. The van der Waals surface area contributed by atoms with Gasteiger partial charge in [0.15, 0.2) is 0 Å². The van der Waals surface area contributed by atoms with Crippen LogP contribution in [-0.4, -0.2) is 23.9 Å². The van der Waals surface area contributed by atoms with Gasteiger partial charge in [-0.1, -0.05) is 13.3 Å². The second kappa shape index (κ2) is 4.51. The molecule has 1 aliphatic rings. The van der Waals surface area contributed by atoms with Crippen LogP contribution >= 0.6 is 0 Å². The molecule has 16 heavy (non-hydrogen) atoms. The quantitative estimate of drug-likeness (QED) is 0.598. The van der Waals surface area contributed by atoms with Gasteiger partial charge in [-0.05, 0) is 18.4 Å². The summed E-state index contributed by atoms with van der Waals surface area (Å²) in [5, 5.41) is 7.56. The number of rotatable bonds is 3. The van der Waals surface area contributed by atoms with E-state index < -0.39 is 0 Å². The minimum Gasteiger partial charge on any atom is -0.384 e. The van der Waals surface area contributed by atoms with Gasteiger partial charge >= 0.3 is 0 Å². The molecular formula is C12H18N4. The lowest BCUT2D eigenvalue weighted by molar-refractivity contribution is 0.569. The summed E-state index contributed by atoms with van der Waals surface area (Å²) in [6.45, 7) is 4.33. The van der Waals surface area contributed by atoms with Gasteiger partial charge in [0.05, 0.1) is 11.9 Å². The first kappa shape index (κ1) is 10.9. The van der Waals surface area contributed by atoms with Gasteiger partial charge in [-0.2, -0.15) is 0 Å². The Labute approximate surface area is 96.0 Å². The molecule has 0 aromatic carbocycles. The second-order valence-electron chi connectivity index (χ2n) is 4.32. The smallest absolute Gasteiger partial charge is 0.125 e. The van der Waals surface area contributed by atoms with Gasteiger partial charge in [0.1, 0.15) is 5.84 Å². The highest BCUT2D eigenvalue weighted by molar-refractivity contribution is 6.00. The average molecular weight is 218 g/mol. The zero-order valence-electron chi connectivity index (χ0n) is 9.61. The number of nitrogens with zero attached hydrogens (tertiary/aromatic N) is 2. The fraction of sp³-hybridized carbons (Fsp3) is 0.500. The first-order valence-electron chi connectivity index (χ1n) is 5.75. The molecule has 2 heterocycles. The zero-order chi connectivity index (χ0) is 11.5. The molecule has 4 nitrogen and oxygen atoms in total. The number of amidine groups is 1. The van der Waals surface area contributed by atoms with Gasteiger partial charge < -0.3 is 10.6 Å². The molecule has 0 spiro atoms. The van der Waals surface area contributed by atoms with Gasteiger partial charge in [-0.25, -0.2) is 0 Å². The molecule has 1 saturated heterocycles. The number of nitrogens with two attached hydrogens (primary N) is 1. The van der Waals surface area contributed by atoms with Crippen LogP contribution in [0.3, 0.4) is 0 Å². The minimum absolute atomic E-state index is 0.123. The van der Waals surface area contributed by atoms with Crippen LogP contribution in [0.4, 0.5) is 5.69 Å². The maximum absolute atomic E-state index is 7.56. The van der Waals surface area contributed by atoms with Crippen molar-refractivity contribution in [1.29, 1.82) is 5.41 Å². The average Bonchev–Trinajstić information content (AvgIpc) is 2.77. The van der Waals surface area contributed by atoms with Gasteiger partial charge in [-0.3, -0.25) is 10.4 Å². The molecule has 2 rings (SSSR count). The lowest BCUT2D eigenvalue weighted by Crippen LogP contribution is -2.24. The van der Waals surface area contributed by atoms with E-state index in [4.69, 9.17) is 11.1 Å². The Balaban J connectivity index is 2.24. The Morgan fingerprint density at radius 1 is 1.69 bits per heavy atom. The molecule has 1 atom stereocenters. The topological polar surface area (TPSA) is 66.0 Å². The summed E-state index contributed by atoms with van der Waals surface area (Å²) in [6.07, 6.45) is 5.94. The molecule has 0 amide bonds. The first-order valence-corrected chi connectivity index (χ1v) is 5.75. The van der Waals surface area contributed by atoms with Crippen LogP contribution in [0.1, 0.15) is 25.3 Å². The van der Waals surface area contributed by atoms with E-state index in [-0.39, 0.29) is 5.84 Å². The Morgan fingerprint density at radius 3 is 3.12 bits per heavy atom. The highest BCUT2D eigenvalue weighted by Crippen LogP contribution is 2.27. The highest BCUT2D eigenvalue weighted by Gasteiger charge is 2.23. The number of anilines is 1. The SMILES string of the molecule is CCC1CCN(c2cnccc2C(=N)N)C1. The molecule has 3 N–H and O–H groups in total. The van der Waals surface area contributed by atoms with Crippen molar-refractivity contribution < 1.29 is 0 Å². The van der Waals surface area contributed by atoms with Crippen molar-refractivity contribution in [3.05, 3.63) is 24.0 Å². The molecule has 1 fully saturated rings. The van der Waals surface area contributed by atoms with E-state index in [2.05, 4.69) is 16.8 Å². The molecule has 1 aromatic heterocycles. The molecule has 1 aliphatic heterocycles. The highest BCUT2D eigenvalue weighted by atomic mass is 15.2. The molecule has 1 aromatic rings. The molecule has 0 aliphatic carbocycles. The van der Waals surface area contributed by atoms with Crippen LogP contribution in [0.5, 0.6) is 0 Å². The molecule has 0 radical (unpaired) electrons. The summed E-state index contributed by atoms with van der Waals surface area (Å²) in [4.78, 5) is 6.42. The van der Waals surface area contributed by atoms with Crippen molar-refractivity contribution in [2.45, 2.75) is 19.8 Å². The third-order valence-electron chi connectivity index (χ3n) is 3.29. The number of aromatic nitrogens is 1. The summed E-state index contributed by atoms with van der Waals surface area (Å²) in [5.41, 5.74) is 7.38. The van der Waals surface area contributed by atoms with Crippen molar-refractivity contribution in [1.82, 2.24) is 4.98 Å². The lowest BCUT2D eigenvalue weighted by atomic mass is 10.1. The number of nitrogen functional groups attached to an aromatic ring is 1. The summed E-state index contributed by atoms with van der Waals surface area (Å²) >= 11 is 0. The molecule has 0 saturated carbocycles. The van der Waals surface area contributed by atoms with E-state index in [0.717, 1.165) is 30.3 Å². The summed E-state index contributed by atoms with van der Waals surface area (Å²) in [6, 6.07) is 1.82.